The maximum absolute atomic E-state index is 12.3. The monoisotopic (exact) mass is 396 g/mol. The van der Waals surface area contributed by atoms with Crippen LogP contribution in [0.25, 0.3) is 0 Å². The summed E-state index contributed by atoms with van der Waals surface area (Å²) in [5.41, 5.74) is 0.771. The van der Waals surface area contributed by atoms with E-state index in [-0.39, 0.29) is 35.1 Å². The van der Waals surface area contributed by atoms with Gasteiger partial charge in [-0.3, -0.25) is 9.36 Å². The van der Waals surface area contributed by atoms with Crippen LogP contribution in [0.4, 0.5) is 4.79 Å². The third kappa shape index (κ3) is 5.09. The van der Waals surface area contributed by atoms with Crippen LogP contribution in [-0.4, -0.2) is 59.5 Å². The van der Waals surface area contributed by atoms with Gasteiger partial charge in [-0.05, 0) is 31.1 Å². The largest absolute Gasteiger partial charge is 0.334 e. The van der Waals surface area contributed by atoms with Gasteiger partial charge in [0.05, 0.1) is 23.5 Å². The van der Waals surface area contributed by atoms with Crippen molar-refractivity contribution in [2.24, 2.45) is 5.92 Å². The van der Waals surface area contributed by atoms with Crippen LogP contribution in [0.2, 0.25) is 0 Å². The van der Waals surface area contributed by atoms with Crippen molar-refractivity contribution in [2.75, 3.05) is 24.6 Å². The first kappa shape index (κ1) is 19.9. The first-order valence-electron chi connectivity index (χ1n) is 9.56. The molecule has 0 bridgehead atoms. The Morgan fingerprint density at radius 1 is 1.30 bits per heavy atom. The van der Waals surface area contributed by atoms with E-state index in [2.05, 4.69) is 10.3 Å². The number of nitrogens with one attached hydrogen (secondary N) is 1. The second kappa shape index (κ2) is 8.00. The van der Waals surface area contributed by atoms with Gasteiger partial charge in [0.2, 0.25) is 0 Å². The number of nitrogens with zero attached hydrogens (tertiary/aromatic N) is 3. The van der Waals surface area contributed by atoms with Crippen molar-refractivity contribution in [2.45, 2.75) is 51.6 Å². The van der Waals surface area contributed by atoms with Gasteiger partial charge in [0, 0.05) is 31.7 Å². The number of rotatable bonds is 4. The van der Waals surface area contributed by atoms with E-state index in [0.717, 1.165) is 18.5 Å². The zero-order chi connectivity index (χ0) is 19.6. The minimum Gasteiger partial charge on any atom is -0.334 e. The summed E-state index contributed by atoms with van der Waals surface area (Å²) in [6, 6.07) is 1.14. The van der Waals surface area contributed by atoms with Crippen molar-refractivity contribution in [1.29, 1.82) is 0 Å². The number of hydrogen-bond acceptors (Lipinski definition) is 5. The fraction of sp³-hybridized carbons (Fsp3) is 0.722. The van der Waals surface area contributed by atoms with Gasteiger partial charge in [-0.15, -0.1) is 0 Å². The van der Waals surface area contributed by atoms with E-state index < -0.39 is 9.84 Å². The van der Waals surface area contributed by atoms with E-state index in [1.165, 1.54) is 0 Å². The fourth-order valence-corrected chi connectivity index (χ4v) is 5.34. The maximum atomic E-state index is 12.3. The number of carbonyl (C=O) groups is 1. The molecule has 2 fully saturated rings. The Kier molecular flexibility index (Phi) is 5.88. The zero-order valence-electron chi connectivity index (χ0n) is 15.9. The lowest BCUT2D eigenvalue weighted by molar-refractivity contribution is 0.162. The van der Waals surface area contributed by atoms with Crippen LogP contribution in [0.15, 0.2) is 17.2 Å². The number of sulfone groups is 1. The highest BCUT2D eigenvalue weighted by Crippen LogP contribution is 2.19. The molecule has 9 heteroatoms. The minimum atomic E-state index is -3.00. The summed E-state index contributed by atoms with van der Waals surface area (Å²) in [4.78, 5) is 30.7. The summed E-state index contributed by atoms with van der Waals surface area (Å²) < 4.78 is 24.7. The highest BCUT2D eigenvalue weighted by molar-refractivity contribution is 7.91. The van der Waals surface area contributed by atoms with Crippen LogP contribution < -0.4 is 10.9 Å². The summed E-state index contributed by atoms with van der Waals surface area (Å²) >= 11 is 0. The predicted molar refractivity (Wildman–Crippen MR) is 102 cm³/mol. The normalized spacial score (nSPS) is 22.9. The van der Waals surface area contributed by atoms with Crippen LogP contribution in [0, 0.1) is 5.92 Å². The molecule has 3 rings (SSSR count). The molecule has 0 aliphatic carbocycles. The van der Waals surface area contributed by atoms with Crippen molar-refractivity contribution < 1.29 is 13.2 Å². The van der Waals surface area contributed by atoms with Gasteiger partial charge in [-0.2, -0.15) is 0 Å². The van der Waals surface area contributed by atoms with Gasteiger partial charge in [-0.1, -0.05) is 13.8 Å². The molecular weight excluding hydrogens is 368 g/mol. The molecule has 1 N–H and O–H groups in total. The van der Waals surface area contributed by atoms with E-state index in [9.17, 15) is 18.0 Å². The molecule has 2 saturated heterocycles. The van der Waals surface area contributed by atoms with E-state index in [1.807, 2.05) is 13.8 Å². The highest BCUT2D eigenvalue weighted by Gasteiger charge is 2.31. The second-order valence-corrected chi connectivity index (χ2v) is 10.2. The number of piperidine rings is 1. The van der Waals surface area contributed by atoms with Crippen LogP contribution in [0.5, 0.6) is 0 Å². The van der Waals surface area contributed by atoms with Gasteiger partial charge >= 0.3 is 6.03 Å². The first-order chi connectivity index (χ1) is 12.7. The standard InChI is InChI=1S/C18H28N4O4S/c1-13(2)16-9-17(23)22(12-19-16)10-14-3-6-21(7-4-14)18(24)20-15-5-8-27(25,26)11-15/h9,12-15H,3-8,10-11H2,1-2H3,(H,20,24). The maximum Gasteiger partial charge on any atom is 0.317 e. The molecule has 1 atom stereocenters. The quantitative estimate of drug-likeness (QED) is 0.817. The Balaban J connectivity index is 1.49. The van der Waals surface area contributed by atoms with Crippen molar-refractivity contribution in [3.8, 4) is 0 Å². The SMILES string of the molecule is CC(C)c1cc(=O)n(CC2CCN(C(=O)NC3CCS(=O)(=O)C3)CC2)cn1. The minimum absolute atomic E-state index is 0.0312. The van der Waals surface area contributed by atoms with Crippen LogP contribution in [0.1, 0.15) is 44.7 Å². The van der Waals surface area contributed by atoms with Gasteiger partial charge in [0.25, 0.3) is 5.56 Å². The molecule has 3 heterocycles. The predicted octanol–water partition coefficient (Wildman–Crippen LogP) is 0.975. The molecule has 2 aliphatic heterocycles. The van der Waals surface area contributed by atoms with Crippen molar-refractivity contribution in [3.05, 3.63) is 28.4 Å². The molecule has 0 spiro atoms. The topological polar surface area (TPSA) is 101 Å². The zero-order valence-corrected chi connectivity index (χ0v) is 16.7. The molecule has 2 aliphatic rings. The van der Waals surface area contributed by atoms with E-state index in [4.69, 9.17) is 0 Å². The summed E-state index contributed by atoms with van der Waals surface area (Å²) in [6.07, 6.45) is 3.74. The first-order valence-corrected chi connectivity index (χ1v) is 11.4. The van der Waals surface area contributed by atoms with Gasteiger partial charge < -0.3 is 10.2 Å². The van der Waals surface area contributed by atoms with Crippen molar-refractivity contribution in [1.82, 2.24) is 19.8 Å². The average Bonchev–Trinajstić information content (AvgIpc) is 2.95. The molecule has 0 aromatic carbocycles. The molecule has 0 saturated carbocycles. The Labute approximate surface area is 159 Å². The second-order valence-electron chi connectivity index (χ2n) is 7.94. The van der Waals surface area contributed by atoms with Gasteiger partial charge in [-0.25, -0.2) is 18.2 Å². The molecular formula is C18H28N4O4S. The molecule has 8 nitrogen and oxygen atoms in total. The Morgan fingerprint density at radius 2 is 2.00 bits per heavy atom. The summed E-state index contributed by atoms with van der Waals surface area (Å²) in [5.74, 6) is 0.741. The third-order valence-electron chi connectivity index (χ3n) is 5.41. The van der Waals surface area contributed by atoms with Crippen molar-refractivity contribution in [3.63, 3.8) is 0 Å². The van der Waals surface area contributed by atoms with Gasteiger partial charge in [0.1, 0.15) is 0 Å². The van der Waals surface area contributed by atoms with Crippen LogP contribution >= 0.6 is 0 Å². The number of urea groups is 1. The Hall–Kier alpha value is -1.90. The number of amides is 2. The molecule has 0 radical (unpaired) electrons. The number of carbonyl (C=O) groups excluding carboxylic acids is 1. The summed E-state index contributed by atoms with van der Waals surface area (Å²) in [6.45, 7) is 5.85. The average molecular weight is 397 g/mol. The van der Waals surface area contributed by atoms with Crippen LogP contribution in [0.3, 0.4) is 0 Å². The Morgan fingerprint density at radius 3 is 2.56 bits per heavy atom. The van der Waals surface area contributed by atoms with Gasteiger partial charge in [0.15, 0.2) is 9.84 Å². The molecule has 1 aromatic heterocycles. The molecule has 27 heavy (non-hydrogen) atoms. The number of aromatic nitrogens is 2. The molecule has 2 amide bonds. The third-order valence-corrected chi connectivity index (χ3v) is 7.18. The van der Waals surface area contributed by atoms with E-state index in [1.54, 1.807) is 21.9 Å². The smallest absolute Gasteiger partial charge is 0.317 e. The fourth-order valence-electron chi connectivity index (χ4n) is 3.66. The van der Waals surface area contributed by atoms with E-state index >= 15 is 0 Å². The van der Waals surface area contributed by atoms with E-state index in [0.29, 0.717) is 32.0 Å². The molecule has 150 valence electrons. The summed E-state index contributed by atoms with van der Waals surface area (Å²) in [7, 11) is -3.00. The highest BCUT2D eigenvalue weighted by atomic mass is 32.2. The Bertz CT molecular complexity index is 841. The lowest BCUT2D eigenvalue weighted by atomic mass is 9.97. The van der Waals surface area contributed by atoms with Crippen molar-refractivity contribution >= 4 is 15.9 Å². The number of hydrogen-bond donors (Lipinski definition) is 1. The molecule has 1 aromatic rings. The lowest BCUT2D eigenvalue weighted by Gasteiger charge is -2.33. The number of likely N-dealkylation sites (tertiary alicyclic amines) is 1. The summed E-state index contributed by atoms with van der Waals surface area (Å²) in [5, 5.41) is 2.84. The lowest BCUT2D eigenvalue weighted by Crippen LogP contribution is -2.48. The van der Waals surface area contributed by atoms with Crippen LogP contribution in [-0.2, 0) is 16.4 Å². The molecule has 1 unspecified atom stereocenters.